The fourth-order valence-corrected chi connectivity index (χ4v) is 4.58. The average Bonchev–Trinajstić information content (AvgIpc) is 3.51. The number of amides is 1. The summed E-state index contributed by atoms with van der Waals surface area (Å²) in [5.41, 5.74) is 2.21. The number of benzene rings is 1. The lowest BCUT2D eigenvalue weighted by Crippen LogP contribution is -2.39. The van der Waals surface area contributed by atoms with Crippen molar-refractivity contribution in [3.05, 3.63) is 83.0 Å². The van der Waals surface area contributed by atoms with Gasteiger partial charge in [-0.3, -0.25) is 14.3 Å². The Bertz CT molecular complexity index is 1320. The van der Waals surface area contributed by atoms with Gasteiger partial charge >= 0.3 is 0 Å². The summed E-state index contributed by atoms with van der Waals surface area (Å²) >= 11 is 5.83. The molecule has 0 spiro atoms. The lowest BCUT2D eigenvalue weighted by molar-refractivity contribution is -0.121. The summed E-state index contributed by atoms with van der Waals surface area (Å²) in [4.78, 5) is 19.3. The van der Waals surface area contributed by atoms with E-state index in [0.29, 0.717) is 35.4 Å². The quantitative estimate of drug-likeness (QED) is 0.379. The fourth-order valence-electron chi connectivity index (χ4n) is 4.33. The molecule has 5 rings (SSSR count). The molecule has 0 unspecified atom stereocenters. The Balaban J connectivity index is 1.26. The third-order valence-corrected chi connectivity index (χ3v) is 6.73. The lowest BCUT2D eigenvalue weighted by Gasteiger charge is -2.30. The number of piperidine rings is 1. The molecule has 180 valence electrons. The third-order valence-electron chi connectivity index (χ3n) is 6.30. The first-order valence-corrected chi connectivity index (χ1v) is 12.2. The van der Waals surface area contributed by atoms with E-state index in [-0.39, 0.29) is 11.8 Å². The number of aryl methyl sites for hydroxylation is 1. The number of hydrogen-bond donors (Lipinski definition) is 1. The largest absolute Gasteiger partial charge is 0.461 e. The van der Waals surface area contributed by atoms with E-state index in [1.54, 1.807) is 12.5 Å². The Morgan fingerprint density at radius 3 is 2.60 bits per heavy atom. The molecule has 1 saturated heterocycles. The maximum atomic E-state index is 12.7. The standard InChI is InChI=1S/C26H28N6O2S/c1-19-9-10-23(27-16-19)28-25(33)21-11-13-30(14-12-21)18-32-26(35)31(17-20-6-3-2-4-7-20)24(29-32)22-8-5-15-34-22/h2-10,15-16,21H,11-14,17-18H2,1H3,(H,27,28,33). The van der Waals surface area contributed by atoms with E-state index in [1.165, 1.54) is 0 Å². The van der Waals surface area contributed by atoms with Gasteiger partial charge in [-0.1, -0.05) is 36.4 Å². The van der Waals surface area contributed by atoms with Gasteiger partial charge in [0.25, 0.3) is 0 Å². The highest BCUT2D eigenvalue weighted by molar-refractivity contribution is 7.71. The molecule has 1 N–H and O–H groups in total. The number of likely N-dealkylation sites (tertiary alicyclic amines) is 1. The Morgan fingerprint density at radius 1 is 1.11 bits per heavy atom. The molecule has 4 aromatic rings. The number of hydrogen-bond acceptors (Lipinski definition) is 6. The first-order valence-electron chi connectivity index (χ1n) is 11.8. The summed E-state index contributed by atoms with van der Waals surface area (Å²) in [6.45, 7) is 4.75. The molecular weight excluding hydrogens is 460 g/mol. The van der Waals surface area contributed by atoms with E-state index < -0.39 is 0 Å². The molecule has 1 amide bonds. The minimum atomic E-state index is -0.0309. The molecule has 1 fully saturated rings. The summed E-state index contributed by atoms with van der Waals surface area (Å²) in [6.07, 6.45) is 4.96. The molecular formula is C26H28N6O2S. The maximum Gasteiger partial charge on any atom is 0.228 e. The van der Waals surface area contributed by atoms with Gasteiger partial charge < -0.3 is 9.73 Å². The van der Waals surface area contributed by atoms with Gasteiger partial charge in [-0.25, -0.2) is 9.67 Å². The van der Waals surface area contributed by atoms with Crippen molar-refractivity contribution in [2.45, 2.75) is 33.0 Å². The molecule has 0 bridgehead atoms. The van der Waals surface area contributed by atoms with Gasteiger partial charge in [-0.15, -0.1) is 5.10 Å². The number of carbonyl (C=O) groups is 1. The van der Waals surface area contributed by atoms with E-state index in [1.807, 2.05) is 58.6 Å². The van der Waals surface area contributed by atoms with Gasteiger partial charge in [0.15, 0.2) is 16.4 Å². The summed E-state index contributed by atoms with van der Waals surface area (Å²) in [7, 11) is 0. The Morgan fingerprint density at radius 2 is 1.91 bits per heavy atom. The summed E-state index contributed by atoms with van der Waals surface area (Å²) in [6, 6.07) is 17.7. The highest BCUT2D eigenvalue weighted by Crippen LogP contribution is 2.23. The van der Waals surface area contributed by atoms with Crippen molar-refractivity contribution >= 4 is 23.9 Å². The second-order valence-corrected chi connectivity index (χ2v) is 9.26. The number of pyridine rings is 1. The number of rotatable bonds is 7. The smallest absolute Gasteiger partial charge is 0.228 e. The van der Waals surface area contributed by atoms with E-state index in [9.17, 15) is 4.79 Å². The highest BCUT2D eigenvalue weighted by atomic mass is 32.1. The molecule has 3 aromatic heterocycles. The first-order chi connectivity index (χ1) is 17.1. The normalized spacial score (nSPS) is 14.8. The summed E-state index contributed by atoms with van der Waals surface area (Å²) in [5, 5.41) is 7.76. The number of furan rings is 1. The van der Waals surface area contributed by atoms with E-state index >= 15 is 0 Å². The molecule has 9 heteroatoms. The molecule has 0 saturated carbocycles. The molecule has 1 aromatic carbocycles. The molecule has 4 heterocycles. The van der Waals surface area contributed by atoms with Crippen LogP contribution in [0.5, 0.6) is 0 Å². The average molecular weight is 489 g/mol. The number of nitrogens with zero attached hydrogens (tertiary/aromatic N) is 5. The summed E-state index contributed by atoms with van der Waals surface area (Å²) in [5.74, 6) is 2.00. The topological polar surface area (TPSA) is 81.1 Å². The third kappa shape index (κ3) is 5.41. The highest BCUT2D eigenvalue weighted by Gasteiger charge is 2.26. The van der Waals surface area contributed by atoms with Crippen molar-refractivity contribution in [3.8, 4) is 11.6 Å². The maximum absolute atomic E-state index is 12.7. The Kier molecular flexibility index (Phi) is 6.87. The Hall–Kier alpha value is -3.56. The predicted octanol–water partition coefficient (Wildman–Crippen LogP) is 4.73. The molecule has 0 aliphatic carbocycles. The monoisotopic (exact) mass is 488 g/mol. The van der Waals surface area contributed by atoms with Crippen LogP contribution in [0.1, 0.15) is 24.0 Å². The van der Waals surface area contributed by atoms with Crippen LogP contribution in [0.25, 0.3) is 11.6 Å². The second-order valence-electron chi connectivity index (χ2n) is 8.90. The van der Waals surface area contributed by atoms with Crippen LogP contribution in [0.4, 0.5) is 5.82 Å². The van der Waals surface area contributed by atoms with Crippen molar-refractivity contribution < 1.29 is 9.21 Å². The van der Waals surface area contributed by atoms with Crippen LogP contribution in [0, 0.1) is 17.6 Å². The van der Waals surface area contributed by atoms with Crippen LogP contribution < -0.4 is 5.32 Å². The van der Waals surface area contributed by atoms with E-state index in [4.69, 9.17) is 21.7 Å². The number of aromatic nitrogens is 4. The van der Waals surface area contributed by atoms with Crippen LogP contribution >= 0.6 is 12.2 Å². The van der Waals surface area contributed by atoms with Gasteiger partial charge in [-0.05, 0) is 61.3 Å². The fraction of sp³-hybridized carbons (Fsp3) is 0.308. The van der Waals surface area contributed by atoms with Gasteiger partial charge in [-0.2, -0.15) is 0 Å². The van der Waals surface area contributed by atoms with Crippen LogP contribution in [0.15, 0.2) is 71.5 Å². The van der Waals surface area contributed by atoms with E-state index in [0.717, 1.165) is 37.1 Å². The molecule has 1 aliphatic heterocycles. The van der Waals surface area contributed by atoms with Gasteiger partial charge in [0.2, 0.25) is 5.91 Å². The minimum absolute atomic E-state index is 0.0309. The molecule has 35 heavy (non-hydrogen) atoms. The van der Waals surface area contributed by atoms with E-state index in [2.05, 4.69) is 27.3 Å². The predicted molar refractivity (Wildman–Crippen MR) is 136 cm³/mol. The minimum Gasteiger partial charge on any atom is -0.461 e. The second kappa shape index (κ2) is 10.4. The lowest BCUT2D eigenvalue weighted by atomic mass is 9.96. The van der Waals surface area contributed by atoms with Crippen molar-refractivity contribution in [3.63, 3.8) is 0 Å². The molecule has 0 atom stereocenters. The van der Waals surface area contributed by atoms with Crippen molar-refractivity contribution in [1.29, 1.82) is 0 Å². The SMILES string of the molecule is Cc1ccc(NC(=O)C2CCN(Cn3nc(-c4ccco4)n(Cc4ccccc4)c3=S)CC2)nc1. The van der Waals surface area contributed by atoms with Crippen LogP contribution in [-0.2, 0) is 18.0 Å². The van der Waals surface area contributed by atoms with Crippen LogP contribution in [0.2, 0.25) is 0 Å². The summed E-state index contributed by atoms with van der Waals surface area (Å²) < 4.78 is 10.2. The van der Waals surface area contributed by atoms with Crippen LogP contribution in [0.3, 0.4) is 0 Å². The van der Waals surface area contributed by atoms with Crippen molar-refractivity contribution in [2.75, 3.05) is 18.4 Å². The van der Waals surface area contributed by atoms with Gasteiger partial charge in [0, 0.05) is 25.2 Å². The zero-order valence-electron chi connectivity index (χ0n) is 19.6. The molecule has 0 radical (unpaired) electrons. The zero-order chi connectivity index (χ0) is 24.2. The first kappa shape index (κ1) is 23.2. The van der Waals surface area contributed by atoms with Crippen molar-refractivity contribution in [1.82, 2.24) is 24.2 Å². The number of nitrogens with one attached hydrogen (secondary N) is 1. The number of anilines is 1. The van der Waals surface area contributed by atoms with Crippen molar-refractivity contribution in [2.24, 2.45) is 5.92 Å². The molecule has 8 nitrogen and oxygen atoms in total. The van der Waals surface area contributed by atoms with Gasteiger partial charge in [0.1, 0.15) is 5.82 Å². The molecule has 1 aliphatic rings. The van der Waals surface area contributed by atoms with Crippen LogP contribution in [-0.4, -0.2) is 43.2 Å². The Labute approximate surface area is 209 Å². The number of carbonyl (C=O) groups excluding carboxylic acids is 1. The zero-order valence-corrected chi connectivity index (χ0v) is 20.4. The van der Waals surface area contributed by atoms with Gasteiger partial charge in [0.05, 0.1) is 19.5 Å².